The number of rotatable bonds is 3. The van der Waals surface area contributed by atoms with Crippen LogP contribution >= 0.6 is 0 Å². The molecule has 0 aromatic rings. The summed E-state index contributed by atoms with van der Waals surface area (Å²) in [6.45, 7) is 8.44. The van der Waals surface area contributed by atoms with Crippen molar-refractivity contribution in [1.82, 2.24) is 10.6 Å². The summed E-state index contributed by atoms with van der Waals surface area (Å²) in [6, 6.07) is 0. The van der Waals surface area contributed by atoms with E-state index in [1.54, 1.807) is 0 Å². The molecule has 1 amide bonds. The Morgan fingerprint density at radius 3 is 2.65 bits per heavy atom. The zero-order valence-corrected chi connectivity index (χ0v) is 14.2. The molecule has 23 heavy (non-hydrogen) atoms. The molecule has 1 aliphatic heterocycles. The van der Waals surface area contributed by atoms with Gasteiger partial charge in [-0.15, -0.1) is 0 Å². The van der Waals surface area contributed by atoms with Gasteiger partial charge in [-0.1, -0.05) is 30.4 Å². The molecule has 0 radical (unpaired) electrons. The highest BCUT2D eigenvalue weighted by Gasteiger charge is 2.49. The second kappa shape index (κ2) is 5.20. The monoisotopic (exact) mass is 310 g/mol. The van der Waals surface area contributed by atoms with Crippen LogP contribution in [0.1, 0.15) is 27.2 Å². The summed E-state index contributed by atoms with van der Waals surface area (Å²) in [5.41, 5.74) is 3.69. The first kappa shape index (κ1) is 14.9. The van der Waals surface area contributed by atoms with E-state index in [4.69, 9.17) is 0 Å². The maximum absolute atomic E-state index is 12.8. The molecule has 1 saturated heterocycles. The van der Waals surface area contributed by atoms with E-state index in [0.29, 0.717) is 17.8 Å². The van der Waals surface area contributed by atoms with Crippen LogP contribution < -0.4 is 10.6 Å². The molecule has 3 aliphatic carbocycles. The molecule has 0 spiro atoms. The Labute approximate surface area is 138 Å². The van der Waals surface area contributed by atoms with Gasteiger partial charge in [0.15, 0.2) is 0 Å². The Balaban J connectivity index is 1.48. The molecule has 3 heteroatoms. The van der Waals surface area contributed by atoms with E-state index in [1.165, 1.54) is 23.1 Å². The lowest BCUT2D eigenvalue weighted by Crippen LogP contribution is -2.61. The van der Waals surface area contributed by atoms with Gasteiger partial charge in [0, 0.05) is 11.8 Å². The number of piperidine rings is 2. The minimum Gasteiger partial charge on any atom is -0.347 e. The highest BCUT2D eigenvalue weighted by molar-refractivity contribution is 5.82. The van der Waals surface area contributed by atoms with E-state index in [0.717, 1.165) is 13.1 Å². The maximum atomic E-state index is 12.8. The fourth-order valence-corrected chi connectivity index (χ4v) is 4.78. The molecule has 0 aromatic heterocycles. The summed E-state index contributed by atoms with van der Waals surface area (Å²) in [5.74, 6) is 1.86. The molecule has 2 fully saturated rings. The van der Waals surface area contributed by atoms with Gasteiger partial charge >= 0.3 is 0 Å². The van der Waals surface area contributed by atoms with E-state index < -0.39 is 0 Å². The number of fused-ring (bicyclic) bond motifs is 3. The third-order valence-corrected chi connectivity index (χ3v) is 6.11. The zero-order valence-electron chi connectivity index (χ0n) is 14.2. The van der Waals surface area contributed by atoms with Gasteiger partial charge in [0.25, 0.3) is 0 Å². The highest BCUT2D eigenvalue weighted by Crippen LogP contribution is 2.44. The standard InChI is InChI=1S/C20H26N2O/c1-12-5-4-6-16-15(12)7-8-17(16)20(2,3)22-19(23)18-13-9-14(18)11-21-10-13/h4-8,13-14,16,18,21H,9-11H2,1-3H3,(H,22,23). The fourth-order valence-electron chi connectivity index (χ4n) is 4.78. The van der Waals surface area contributed by atoms with Crippen LogP contribution in [0.5, 0.6) is 0 Å². The van der Waals surface area contributed by atoms with Gasteiger partial charge in [0.05, 0.1) is 5.54 Å². The van der Waals surface area contributed by atoms with Gasteiger partial charge in [0.1, 0.15) is 0 Å². The van der Waals surface area contributed by atoms with Gasteiger partial charge in [-0.25, -0.2) is 0 Å². The van der Waals surface area contributed by atoms with E-state index in [2.05, 4.69) is 61.8 Å². The van der Waals surface area contributed by atoms with Crippen molar-refractivity contribution in [1.29, 1.82) is 0 Å². The van der Waals surface area contributed by atoms with E-state index >= 15 is 0 Å². The van der Waals surface area contributed by atoms with Crippen LogP contribution in [0.25, 0.3) is 0 Å². The van der Waals surface area contributed by atoms with Crippen molar-refractivity contribution in [2.75, 3.05) is 13.1 Å². The van der Waals surface area contributed by atoms with Crippen molar-refractivity contribution in [3.63, 3.8) is 0 Å². The summed E-state index contributed by atoms with van der Waals surface area (Å²) >= 11 is 0. The van der Waals surface area contributed by atoms with Gasteiger partial charge in [0.2, 0.25) is 5.91 Å². The minimum absolute atomic E-state index is 0.216. The van der Waals surface area contributed by atoms with Gasteiger partial charge in [-0.2, -0.15) is 0 Å². The molecule has 1 heterocycles. The number of hydrogen-bond donors (Lipinski definition) is 2. The number of nitrogens with one attached hydrogen (secondary N) is 2. The van der Waals surface area contributed by atoms with Crippen LogP contribution in [0.15, 0.2) is 47.1 Å². The van der Waals surface area contributed by atoms with Crippen molar-refractivity contribution in [2.24, 2.45) is 23.7 Å². The van der Waals surface area contributed by atoms with Gasteiger partial charge in [-0.05, 0) is 68.8 Å². The molecular formula is C20H26N2O. The summed E-state index contributed by atoms with van der Waals surface area (Å²) in [6.07, 6.45) is 12.2. The summed E-state index contributed by atoms with van der Waals surface area (Å²) in [4.78, 5) is 12.8. The first-order valence-corrected chi connectivity index (χ1v) is 8.78. The second-order valence-electron chi connectivity index (χ2n) is 8.01. The van der Waals surface area contributed by atoms with E-state index in [9.17, 15) is 4.79 Å². The predicted molar refractivity (Wildman–Crippen MR) is 92.7 cm³/mol. The minimum atomic E-state index is -0.306. The first-order chi connectivity index (χ1) is 11.0. The lowest BCUT2D eigenvalue weighted by Gasteiger charge is -2.49. The summed E-state index contributed by atoms with van der Waals surface area (Å²) in [5, 5.41) is 6.77. The van der Waals surface area contributed by atoms with Crippen molar-refractivity contribution >= 4 is 5.91 Å². The maximum Gasteiger partial charge on any atom is 0.224 e. The summed E-state index contributed by atoms with van der Waals surface area (Å²) in [7, 11) is 0. The van der Waals surface area contributed by atoms with Crippen LogP contribution in [-0.2, 0) is 4.79 Å². The molecule has 0 aromatic carbocycles. The Morgan fingerprint density at radius 1 is 1.22 bits per heavy atom. The molecule has 1 saturated carbocycles. The van der Waals surface area contributed by atoms with Crippen molar-refractivity contribution in [3.8, 4) is 0 Å². The average molecular weight is 310 g/mol. The Bertz CT molecular complexity index is 651. The third kappa shape index (κ3) is 2.33. The molecule has 4 aliphatic rings. The predicted octanol–water partition coefficient (Wildman–Crippen LogP) is 2.74. The van der Waals surface area contributed by atoms with E-state index in [1.807, 2.05) is 0 Å². The second-order valence-corrected chi connectivity index (χ2v) is 8.01. The van der Waals surface area contributed by atoms with Crippen LogP contribution in [-0.4, -0.2) is 24.5 Å². The molecular weight excluding hydrogens is 284 g/mol. The number of allylic oxidation sites excluding steroid dienone is 7. The lowest BCUT2D eigenvalue weighted by atomic mass is 9.61. The zero-order chi connectivity index (χ0) is 16.2. The number of amides is 1. The lowest BCUT2D eigenvalue weighted by molar-refractivity contribution is -0.137. The van der Waals surface area contributed by atoms with Crippen molar-refractivity contribution < 1.29 is 4.79 Å². The van der Waals surface area contributed by atoms with Gasteiger partial charge < -0.3 is 10.6 Å². The summed E-state index contributed by atoms with van der Waals surface area (Å²) < 4.78 is 0. The Morgan fingerprint density at radius 2 is 1.96 bits per heavy atom. The highest BCUT2D eigenvalue weighted by atomic mass is 16.2. The molecule has 3 unspecified atom stereocenters. The smallest absolute Gasteiger partial charge is 0.224 e. The van der Waals surface area contributed by atoms with Gasteiger partial charge in [-0.3, -0.25) is 4.79 Å². The number of carbonyl (C=O) groups excluding carboxylic acids is 1. The molecule has 2 bridgehead atoms. The third-order valence-electron chi connectivity index (χ3n) is 6.11. The van der Waals surface area contributed by atoms with Crippen LogP contribution in [0, 0.1) is 23.7 Å². The van der Waals surface area contributed by atoms with Crippen LogP contribution in [0.2, 0.25) is 0 Å². The number of hydrogen-bond acceptors (Lipinski definition) is 2. The van der Waals surface area contributed by atoms with Crippen molar-refractivity contribution in [2.45, 2.75) is 32.7 Å². The molecule has 3 atom stereocenters. The molecule has 122 valence electrons. The SMILES string of the molecule is CC1=CC=CC2C1=CC=C2C(C)(C)NC(=O)C1C2CNCC1C2. The molecule has 2 N–H and O–H groups in total. The Kier molecular flexibility index (Phi) is 3.38. The molecule has 3 nitrogen and oxygen atoms in total. The quantitative estimate of drug-likeness (QED) is 0.841. The average Bonchev–Trinajstić information content (AvgIpc) is 2.93. The fraction of sp³-hybridized carbons (Fsp3) is 0.550. The largest absolute Gasteiger partial charge is 0.347 e. The van der Waals surface area contributed by atoms with Crippen LogP contribution in [0.4, 0.5) is 0 Å². The van der Waals surface area contributed by atoms with Crippen LogP contribution in [0.3, 0.4) is 0 Å². The first-order valence-electron chi connectivity index (χ1n) is 8.78. The topological polar surface area (TPSA) is 41.1 Å². The number of carbonyl (C=O) groups is 1. The van der Waals surface area contributed by atoms with Crippen molar-refractivity contribution in [3.05, 3.63) is 47.1 Å². The Hall–Kier alpha value is -1.61. The normalized spacial score (nSPS) is 34.8. The molecule has 4 rings (SSSR count). The van der Waals surface area contributed by atoms with E-state index in [-0.39, 0.29) is 17.4 Å².